The zero-order valence-corrected chi connectivity index (χ0v) is 26.7. The minimum Gasteiger partial charge on any atom is -0.460 e. The van der Waals surface area contributed by atoms with Crippen LogP contribution in [0, 0.1) is 22.2 Å². The highest BCUT2D eigenvalue weighted by Crippen LogP contribution is 2.65. The molecule has 1 saturated heterocycles. The summed E-state index contributed by atoms with van der Waals surface area (Å²) >= 11 is 0. The molecule has 45 heavy (non-hydrogen) atoms. The van der Waals surface area contributed by atoms with Crippen molar-refractivity contribution in [1.29, 1.82) is 0 Å². The minimum atomic E-state index is -1.13. The minimum absolute atomic E-state index is 0. The number of cyclic esters (lactones) is 1. The third-order valence-corrected chi connectivity index (χ3v) is 10.2. The molecule has 264 valence electrons. The van der Waals surface area contributed by atoms with Gasteiger partial charge in [0, 0.05) is 12.8 Å². The summed E-state index contributed by atoms with van der Waals surface area (Å²) in [6, 6.07) is 0. The van der Waals surface area contributed by atoms with Crippen molar-refractivity contribution in [2.45, 2.75) is 185 Å². The fourth-order valence-electron chi connectivity index (χ4n) is 8.15. The predicted octanol–water partition coefficient (Wildman–Crippen LogP) is 7.73. The summed E-state index contributed by atoms with van der Waals surface area (Å²) in [6.07, 6.45) is 3.26. The van der Waals surface area contributed by atoms with Crippen LogP contribution in [0.5, 0.6) is 0 Å². The van der Waals surface area contributed by atoms with Gasteiger partial charge < -0.3 is 24.1 Å². The lowest BCUT2D eigenvalue weighted by molar-refractivity contribution is -0.254. The molecule has 0 aromatic heterocycles. The SMILES string of the molecule is C.C.C.C.CCC(C)(CC(C)(C)C(=O)OC1(C)CC(=O)OC1(C)C)C(=O)OC12CC3CC(O)(C1)CC(C(=O)OC(C)(C)C)(C3)C2. The third kappa shape index (κ3) is 7.87. The van der Waals surface area contributed by atoms with Crippen molar-refractivity contribution in [2.75, 3.05) is 0 Å². The molecule has 0 radical (unpaired) electrons. The number of hydrogen-bond donors (Lipinski definition) is 1. The number of rotatable bonds is 8. The smallest absolute Gasteiger partial charge is 0.312 e. The fraction of sp³-hybridized carbons (Fsp3) is 0.889. The topological polar surface area (TPSA) is 125 Å². The summed E-state index contributed by atoms with van der Waals surface area (Å²) < 4.78 is 23.5. The van der Waals surface area contributed by atoms with E-state index in [1.165, 1.54) is 0 Å². The highest BCUT2D eigenvalue weighted by atomic mass is 16.6. The Hall–Kier alpha value is -2.16. The first-order chi connectivity index (χ1) is 18.4. The van der Waals surface area contributed by atoms with Gasteiger partial charge in [-0.05, 0) is 107 Å². The molecule has 6 unspecified atom stereocenters. The van der Waals surface area contributed by atoms with E-state index in [0.717, 1.165) is 0 Å². The highest BCUT2D eigenvalue weighted by Gasteiger charge is 2.68. The molecule has 9 heteroatoms. The van der Waals surface area contributed by atoms with E-state index in [9.17, 15) is 24.3 Å². The number of hydrogen-bond acceptors (Lipinski definition) is 9. The Kier molecular flexibility index (Phi) is 12.2. The maximum atomic E-state index is 14.0. The Morgan fingerprint density at radius 1 is 0.867 bits per heavy atom. The maximum Gasteiger partial charge on any atom is 0.312 e. The van der Waals surface area contributed by atoms with E-state index < -0.39 is 62.2 Å². The number of aliphatic hydroxyl groups is 1. The van der Waals surface area contributed by atoms with Gasteiger partial charge in [0.15, 0.2) is 5.60 Å². The van der Waals surface area contributed by atoms with Gasteiger partial charge >= 0.3 is 23.9 Å². The van der Waals surface area contributed by atoms with Crippen molar-refractivity contribution in [3.8, 4) is 0 Å². The Morgan fingerprint density at radius 3 is 1.91 bits per heavy atom. The van der Waals surface area contributed by atoms with Crippen LogP contribution in [-0.2, 0) is 38.1 Å². The summed E-state index contributed by atoms with van der Waals surface area (Å²) in [5.74, 6) is -1.67. The molecule has 4 saturated carbocycles. The van der Waals surface area contributed by atoms with Crippen molar-refractivity contribution in [2.24, 2.45) is 22.2 Å². The quantitative estimate of drug-likeness (QED) is 0.209. The van der Waals surface area contributed by atoms with E-state index in [4.69, 9.17) is 18.9 Å². The lowest BCUT2D eigenvalue weighted by Crippen LogP contribution is -2.67. The molecule has 5 rings (SSSR count). The second kappa shape index (κ2) is 12.8. The molecule has 5 fully saturated rings. The van der Waals surface area contributed by atoms with Crippen LogP contribution in [-0.4, -0.2) is 57.0 Å². The molecule has 0 spiro atoms. The van der Waals surface area contributed by atoms with Crippen molar-refractivity contribution in [3.63, 3.8) is 0 Å². The molecule has 1 aliphatic heterocycles. The standard InChI is InChI=1S/C32H50O9.4CH4/c1-11-28(9,16-26(5,6)22(34)40-29(10)15-21(33)38-27(29,7)8)23(35)41-32-14-20-12-30(18-32,17-31(37,13-20)19-32)24(36)39-25(2,3)4;;;;/h20,37H,11-19H2,1-10H3;4*1H4. The molecule has 1 N–H and O–H groups in total. The fourth-order valence-corrected chi connectivity index (χ4v) is 8.15. The van der Waals surface area contributed by atoms with Crippen LogP contribution < -0.4 is 0 Å². The van der Waals surface area contributed by atoms with Crippen molar-refractivity contribution >= 4 is 23.9 Å². The summed E-state index contributed by atoms with van der Waals surface area (Å²) in [5, 5.41) is 11.5. The first kappa shape index (κ1) is 42.8. The van der Waals surface area contributed by atoms with Crippen LogP contribution in [0.25, 0.3) is 0 Å². The molecule has 0 aromatic rings. The molecule has 4 bridgehead atoms. The predicted molar refractivity (Wildman–Crippen MR) is 176 cm³/mol. The molecule has 4 aliphatic carbocycles. The van der Waals surface area contributed by atoms with Crippen LogP contribution in [0.3, 0.4) is 0 Å². The summed E-state index contributed by atoms with van der Waals surface area (Å²) in [6.45, 7) is 17.7. The van der Waals surface area contributed by atoms with Crippen molar-refractivity contribution < 1.29 is 43.2 Å². The van der Waals surface area contributed by atoms with E-state index in [2.05, 4.69) is 0 Å². The summed E-state index contributed by atoms with van der Waals surface area (Å²) in [7, 11) is 0. The van der Waals surface area contributed by atoms with Crippen LogP contribution in [0.1, 0.15) is 157 Å². The molecular formula is C36H66O9. The number of carbonyl (C=O) groups excluding carboxylic acids is 4. The molecular weight excluding hydrogens is 576 g/mol. The van der Waals surface area contributed by atoms with Gasteiger partial charge in [0.1, 0.15) is 16.8 Å². The Balaban J connectivity index is 0.00000484. The van der Waals surface area contributed by atoms with E-state index in [1.54, 1.807) is 41.5 Å². The van der Waals surface area contributed by atoms with Gasteiger partial charge in [0.2, 0.25) is 0 Å². The van der Waals surface area contributed by atoms with E-state index in [-0.39, 0.29) is 54.4 Å². The second-order valence-electron chi connectivity index (χ2n) is 16.3. The van der Waals surface area contributed by atoms with E-state index in [1.807, 2.05) is 27.7 Å². The van der Waals surface area contributed by atoms with E-state index in [0.29, 0.717) is 44.9 Å². The highest BCUT2D eigenvalue weighted by molar-refractivity contribution is 5.82. The zero-order chi connectivity index (χ0) is 31.1. The Morgan fingerprint density at radius 2 is 1.44 bits per heavy atom. The van der Waals surface area contributed by atoms with Crippen molar-refractivity contribution in [3.05, 3.63) is 0 Å². The van der Waals surface area contributed by atoms with Gasteiger partial charge in [-0.15, -0.1) is 0 Å². The zero-order valence-electron chi connectivity index (χ0n) is 26.7. The second-order valence-corrected chi connectivity index (χ2v) is 16.3. The van der Waals surface area contributed by atoms with Crippen LogP contribution in [0.15, 0.2) is 0 Å². The van der Waals surface area contributed by atoms with Gasteiger partial charge in [0.05, 0.1) is 28.3 Å². The summed E-state index contributed by atoms with van der Waals surface area (Å²) in [5.41, 5.74) is -7.85. The molecule has 5 aliphatic rings. The summed E-state index contributed by atoms with van der Waals surface area (Å²) in [4.78, 5) is 53.0. The average molecular weight is 643 g/mol. The first-order valence-corrected chi connectivity index (χ1v) is 15.1. The third-order valence-electron chi connectivity index (χ3n) is 10.2. The number of carbonyl (C=O) groups is 4. The lowest BCUT2D eigenvalue weighted by atomic mass is 9.46. The van der Waals surface area contributed by atoms with Gasteiger partial charge in [-0.25, -0.2) is 0 Å². The molecule has 9 nitrogen and oxygen atoms in total. The van der Waals surface area contributed by atoms with Gasteiger partial charge in [-0.3, -0.25) is 19.2 Å². The molecule has 0 amide bonds. The number of esters is 4. The maximum absolute atomic E-state index is 14.0. The number of ether oxygens (including phenoxy) is 4. The van der Waals surface area contributed by atoms with Crippen LogP contribution >= 0.6 is 0 Å². The normalized spacial score (nSPS) is 33.9. The van der Waals surface area contributed by atoms with Gasteiger partial charge in [0.25, 0.3) is 0 Å². The molecule has 1 heterocycles. The van der Waals surface area contributed by atoms with Crippen LogP contribution in [0.4, 0.5) is 0 Å². The molecule has 0 aromatic carbocycles. The Labute approximate surface area is 273 Å². The Bertz CT molecular complexity index is 1140. The van der Waals surface area contributed by atoms with E-state index >= 15 is 0 Å². The lowest BCUT2D eigenvalue weighted by Gasteiger charge is -2.63. The largest absolute Gasteiger partial charge is 0.460 e. The van der Waals surface area contributed by atoms with Crippen LogP contribution in [0.2, 0.25) is 0 Å². The van der Waals surface area contributed by atoms with Gasteiger partial charge in [-0.1, -0.05) is 36.6 Å². The van der Waals surface area contributed by atoms with Gasteiger partial charge in [-0.2, -0.15) is 0 Å². The van der Waals surface area contributed by atoms with Crippen molar-refractivity contribution in [1.82, 2.24) is 0 Å². The monoisotopic (exact) mass is 642 g/mol. The first-order valence-electron chi connectivity index (χ1n) is 15.1. The average Bonchev–Trinajstić information content (AvgIpc) is 2.95. The molecule has 6 atom stereocenters.